The topological polar surface area (TPSA) is 183 Å². The lowest BCUT2D eigenvalue weighted by atomic mass is 9.64. The van der Waals surface area contributed by atoms with Crippen molar-refractivity contribution in [3.8, 4) is 34.8 Å². The summed E-state index contributed by atoms with van der Waals surface area (Å²) in [5.74, 6) is 3.67. The maximum absolute atomic E-state index is 17.0. The van der Waals surface area contributed by atoms with Gasteiger partial charge >= 0.3 is 18.0 Å². The fourth-order valence-corrected chi connectivity index (χ4v) is 11.8. The first-order valence-electron chi connectivity index (χ1n) is 25.8. The molecule has 0 aromatic heterocycles. The van der Waals surface area contributed by atoms with Crippen molar-refractivity contribution in [2.75, 3.05) is 53.1 Å². The Bertz CT molecular complexity index is 3310. The maximum atomic E-state index is 17.0. The number of fused-ring (bicyclic) bond motifs is 4. The number of nitrogens with one attached hydrogen (secondary N) is 1. The third-order valence-electron chi connectivity index (χ3n) is 15.4. The Morgan fingerprint density at radius 3 is 1.99 bits per heavy atom. The van der Waals surface area contributed by atoms with Crippen LogP contribution in [0.15, 0.2) is 140 Å². The van der Waals surface area contributed by atoms with Crippen molar-refractivity contribution in [3.63, 3.8) is 0 Å². The van der Waals surface area contributed by atoms with Crippen LogP contribution in [0.4, 0.5) is 10.5 Å². The molecule has 6 aromatic rings. The van der Waals surface area contributed by atoms with E-state index < -0.39 is 77.3 Å². The number of esters is 2. The number of morpholine rings is 1. The summed E-state index contributed by atoms with van der Waals surface area (Å²) < 4.78 is 34.5. The summed E-state index contributed by atoms with van der Waals surface area (Å²) in [6.07, 6.45) is -0.568. The van der Waals surface area contributed by atoms with E-state index in [-0.39, 0.29) is 37.6 Å². The molecule has 7 atom stereocenters. The quantitative estimate of drug-likeness (QED) is 0.0851. The molecule has 4 aliphatic rings. The SMILES string of the molecule is COC(=O)[C@@H](NC(=O)N1C(=O)[C@@]2(c3cc(C#Cc4ccc(OC)cc4)ccc31)[C@H](C(=O)N1CCc3cc(OC)c(OC)cc3C1)[C@H]1C(=O)O[C@H](c3ccccc3)[C@H](c3ccccc3)N1[C@@H]2c1ccc(OCCO)cc1)C(C)C. The molecule has 16 nitrogen and oxygen atoms in total. The van der Waals surface area contributed by atoms with Crippen molar-refractivity contribution in [1.82, 2.24) is 15.1 Å². The van der Waals surface area contributed by atoms with Crippen LogP contribution in [0.25, 0.3) is 0 Å². The van der Waals surface area contributed by atoms with Gasteiger partial charge in [-0.3, -0.25) is 19.3 Å². The molecule has 2 N–H and O–H groups in total. The van der Waals surface area contributed by atoms with E-state index in [4.69, 9.17) is 28.4 Å². The average molecular weight is 1050 g/mol. The van der Waals surface area contributed by atoms with Gasteiger partial charge in [-0.05, 0) is 112 Å². The van der Waals surface area contributed by atoms with Gasteiger partial charge in [0.25, 0.3) is 0 Å². The molecule has 0 aliphatic carbocycles. The van der Waals surface area contributed by atoms with Gasteiger partial charge in [0.1, 0.15) is 41.7 Å². The van der Waals surface area contributed by atoms with Gasteiger partial charge in [-0.25, -0.2) is 14.5 Å². The molecule has 0 radical (unpaired) electrons. The molecule has 10 rings (SSSR count). The lowest BCUT2D eigenvalue weighted by Gasteiger charge is -2.46. The molecular weight excluding hydrogens is 993 g/mol. The molecule has 4 amide bonds. The Hall–Kier alpha value is -8.65. The predicted molar refractivity (Wildman–Crippen MR) is 288 cm³/mol. The molecular formula is C62H60N4O12. The molecule has 1 spiro atoms. The van der Waals surface area contributed by atoms with Gasteiger partial charge in [-0.15, -0.1) is 0 Å². The number of benzene rings is 6. The van der Waals surface area contributed by atoms with Crippen LogP contribution in [-0.4, -0.2) is 105 Å². The number of carbonyl (C=O) groups excluding carboxylic acids is 5. The summed E-state index contributed by atoms with van der Waals surface area (Å²) in [4.78, 5) is 82.9. The van der Waals surface area contributed by atoms with Crippen molar-refractivity contribution in [1.29, 1.82) is 0 Å². The van der Waals surface area contributed by atoms with Crippen LogP contribution < -0.4 is 29.2 Å². The number of aliphatic hydroxyl groups excluding tert-OH is 1. The van der Waals surface area contributed by atoms with E-state index in [0.717, 1.165) is 21.6 Å². The number of hydrogen-bond donors (Lipinski definition) is 2. The Morgan fingerprint density at radius 2 is 1.36 bits per heavy atom. The number of cyclic esters (lactones) is 1. The first kappa shape index (κ1) is 52.8. The van der Waals surface area contributed by atoms with Crippen LogP contribution in [0.3, 0.4) is 0 Å². The maximum Gasteiger partial charge on any atom is 0.329 e. The first-order chi connectivity index (χ1) is 37.9. The average Bonchev–Trinajstić information content (AvgIpc) is 2.66. The van der Waals surface area contributed by atoms with E-state index in [1.165, 1.54) is 14.2 Å². The summed E-state index contributed by atoms with van der Waals surface area (Å²) in [7, 11) is 5.89. The molecule has 0 saturated carbocycles. The second-order valence-corrected chi connectivity index (χ2v) is 19.9. The highest BCUT2D eigenvalue weighted by Crippen LogP contribution is 2.66. The number of methoxy groups -OCH3 is 4. The molecule has 0 unspecified atom stereocenters. The third-order valence-corrected chi connectivity index (χ3v) is 15.4. The molecule has 4 aliphatic heterocycles. The standard InChI is InChI=1S/C62H60N4O12/c1-37(2)52(58(69)76-6)63-61(72)65-48-28-21-39(18-17-38-19-24-45(73-3)25-20-38)33-47(48)62(60(65)71)51(57(68)64-30-29-43-34-49(74-4)50(75-5)35-44(43)36-64)54-59(70)78-55(41-15-11-8-12-16-41)53(40-13-9-7-10-14-40)66(54)56(62)42-22-26-46(27-23-42)77-32-31-67/h7-16,19-28,33-35,37,51-56,67H,29-32,36H2,1-6H3,(H,63,72)/t51-,52-,53-,54-,55+,56+,62-/m0/s1. The van der Waals surface area contributed by atoms with Crippen LogP contribution in [0, 0.1) is 23.7 Å². The zero-order valence-corrected chi connectivity index (χ0v) is 44.1. The number of aliphatic hydroxyl groups is 1. The fraction of sp³-hybridized carbons (Fsp3) is 0.306. The van der Waals surface area contributed by atoms with E-state index in [0.29, 0.717) is 51.7 Å². The zero-order valence-electron chi connectivity index (χ0n) is 44.1. The highest BCUT2D eigenvalue weighted by molar-refractivity contribution is 6.25. The van der Waals surface area contributed by atoms with E-state index >= 15 is 19.2 Å². The number of imide groups is 1. The zero-order chi connectivity index (χ0) is 54.8. The molecule has 78 heavy (non-hydrogen) atoms. The Morgan fingerprint density at radius 1 is 0.731 bits per heavy atom. The van der Waals surface area contributed by atoms with E-state index in [1.807, 2.05) is 89.8 Å². The molecule has 16 heteroatoms. The number of nitrogens with zero attached hydrogens (tertiary/aromatic N) is 3. The number of urea groups is 1. The van der Waals surface area contributed by atoms with Crippen LogP contribution in [0.1, 0.15) is 76.5 Å². The Kier molecular flexibility index (Phi) is 15.0. The second-order valence-electron chi connectivity index (χ2n) is 19.9. The van der Waals surface area contributed by atoms with Gasteiger partial charge < -0.3 is 43.7 Å². The largest absolute Gasteiger partial charge is 0.497 e. The molecule has 6 aromatic carbocycles. The Labute approximate surface area is 452 Å². The van der Waals surface area contributed by atoms with Crippen molar-refractivity contribution in [2.24, 2.45) is 11.8 Å². The van der Waals surface area contributed by atoms with Crippen LogP contribution in [0.2, 0.25) is 0 Å². The molecule has 2 saturated heterocycles. The molecule has 2 fully saturated rings. The van der Waals surface area contributed by atoms with Gasteiger partial charge in [0.2, 0.25) is 11.8 Å². The minimum Gasteiger partial charge on any atom is -0.497 e. The minimum atomic E-state index is -2.13. The molecule has 400 valence electrons. The highest BCUT2D eigenvalue weighted by Gasteiger charge is 2.76. The number of carbonyl (C=O) groups is 5. The number of amides is 4. The monoisotopic (exact) mass is 1050 g/mol. The van der Waals surface area contributed by atoms with E-state index in [9.17, 15) is 9.90 Å². The predicted octanol–water partition coefficient (Wildman–Crippen LogP) is 7.64. The van der Waals surface area contributed by atoms with Gasteiger partial charge in [0, 0.05) is 24.2 Å². The first-order valence-corrected chi connectivity index (χ1v) is 25.8. The number of anilines is 1. The van der Waals surface area contributed by atoms with E-state index in [2.05, 4.69) is 17.2 Å². The van der Waals surface area contributed by atoms with Gasteiger partial charge in [0.15, 0.2) is 11.5 Å². The smallest absolute Gasteiger partial charge is 0.329 e. The van der Waals surface area contributed by atoms with Crippen molar-refractivity contribution in [3.05, 3.63) is 184 Å². The second kappa shape index (κ2) is 22.1. The summed E-state index contributed by atoms with van der Waals surface area (Å²) in [5.41, 5.74) is 2.95. The Balaban J connectivity index is 1.27. The lowest BCUT2D eigenvalue weighted by molar-refractivity contribution is -0.179. The van der Waals surface area contributed by atoms with Crippen molar-refractivity contribution < 1.29 is 57.5 Å². The minimum absolute atomic E-state index is 0.00893. The van der Waals surface area contributed by atoms with Crippen LogP contribution >= 0.6 is 0 Å². The number of rotatable bonds is 13. The number of hydrogen-bond acceptors (Lipinski definition) is 13. The summed E-state index contributed by atoms with van der Waals surface area (Å²) in [6, 6.07) is 36.2. The number of ether oxygens (including phenoxy) is 6. The van der Waals surface area contributed by atoms with Gasteiger partial charge in [0.05, 0.1) is 58.7 Å². The summed E-state index contributed by atoms with van der Waals surface area (Å²) in [6.45, 7) is 3.52. The fourth-order valence-electron chi connectivity index (χ4n) is 11.8. The van der Waals surface area contributed by atoms with E-state index in [1.54, 1.807) is 87.6 Å². The van der Waals surface area contributed by atoms with Gasteiger partial charge in [-0.2, -0.15) is 0 Å². The third kappa shape index (κ3) is 9.32. The normalized spacial score (nSPS) is 21.6. The highest BCUT2D eigenvalue weighted by atomic mass is 16.6. The van der Waals surface area contributed by atoms with Crippen molar-refractivity contribution in [2.45, 2.75) is 62.5 Å². The summed E-state index contributed by atoms with van der Waals surface area (Å²) >= 11 is 0. The lowest BCUT2D eigenvalue weighted by Crippen LogP contribution is -2.58. The van der Waals surface area contributed by atoms with Crippen molar-refractivity contribution >= 4 is 35.5 Å². The summed E-state index contributed by atoms with van der Waals surface area (Å²) in [5, 5.41) is 12.5. The molecule has 0 bridgehead atoms. The van der Waals surface area contributed by atoms with Gasteiger partial charge in [-0.1, -0.05) is 98.5 Å². The van der Waals surface area contributed by atoms with Crippen LogP contribution in [-0.2, 0) is 47.0 Å². The molecule has 4 heterocycles. The van der Waals surface area contributed by atoms with Crippen LogP contribution in [0.5, 0.6) is 23.0 Å².